The average Bonchev–Trinajstić information content (AvgIpc) is 3.53. The smallest absolute Gasteiger partial charge is 0.327 e. The normalized spacial score (nSPS) is 12.1. The molecule has 0 spiro atoms. The zero-order chi connectivity index (χ0) is 24.2. The standard InChI is InChI=1S/C30H28N2O3/c1-21-27(31-29(35-21)23-10-3-2-4-11-23)17-9-13-22-12-7-16-26-24(14-8-15-25(22)26)20-28(30(33)34)32-18-5-6-19-32/h2-8,10-12,14-16,18-19,28H,9,13,17,20H2,1H3,(H,33,34). The number of carboxylic acid groups (broad SMARTS) is 1. The predicted molar refractivity (Wildman–Crippen MR) is 137 cm³/mol. The molecule has 2 aromatic heterocycles. The molecular weight excluding hydrogens is 436 g/mol. The zero-order valence-electron chi connectivity index (χ0n) is 19.7. The molecule has 1 atom stereocenters. The van der Waals surface area contributed by atoms with Gasteiger partial charge in [0.1, 0.15) is 11.8 Å². The van der Waals surface area contributed by atoms with E-state index in [9.17, 15) is 9.90 Å². The Labute approximate surface area is 204 Å². The fourth-order valence-electron chi connectivity index (χ4n) is 4.73. The maximum atomic E-state index is 12.0. The number of rotatable bonds is 9. The minimum absolute atomic E-state index is 0.436. The molecule has 5 nitrogen and oxygen atoms in total. The van der Waals surface area contributed by atoms with Gasteiger partial charge in [0.05, 0.1) is 5.69 Å². The SMILES string of the molecule is Cc1oc(-c2ccccc2)nc1CCCc1cccc2c(CC(C(=O)O)n3cccc3)cccc12. The van der Waals surface area contributed by atoms with Gasteiger partial charge in [-0.15, -0.1) is 0 Å². The average molecular weight is 465 g/mol. The van der Waals surface area contributed by atoms with Crippen LogP contribution in [0.15, 0.2) is 95.7 Å². The monoisotopic (exact) mass is 464 g/mol. The molecule has 0 radical (unpaired) electrons. The highest BCUT2D eigenvalue weighted by molar-refractivity contribution is 5.89. The van der Waals surface area contributed by atoms with Crippen molar-refractivity contribution in [2.24, 2.45) is 0 Å². The number of oxazole rings is 1. The third-order valence-electron chi connectivity index (χ3n) is 6.56. The van der Waals surface area contributed by atoms with Crippen molar-refractivity contribution in [2.45, 2.75) is 38.6 Å². The molecule has 1 unspecified atom stereocenters. The second-order valence-corrected chi connectivity index (χ2v) is 8.86. The van der Waals surface area contributed by atoms with Gasteiger partial charge < -0.3 is 14.1 Å². The van der Waals surface area contributed by atoms with E-state index in [0.29, 0.717) is 12.3 Å². The van der Waals surface area contributed by atoms with E-state index < -0.39 is 12.0 Å². The fourth-order valence-corrected chi connectivity index (χ4v) is 4.73. The lowest BCUT2D eigenvalue weighted by atomic mass is 9.94. The molecule has 176 valence electrons. The zero-order valence-corrected chi connectivity index (χ0v) is 19.7. The Hall–Kier alpha value is -4.12. The molecule has 0 saturated carbocycles. The number of aromatic nitrogens is 2. The van der Waals surface area contributed by atoms with Crippen molar-refractivity contribution < 1.29 is 14.3 Å². The minimum atomic E-state index is -0.827. The van der Waals surface area contributed by atoms with Crippen molar-refractivity contribution in [1.29, 1.82) is 0 Å². The molecule has 5 heteroatoms. The van der Waals surface area contributed by atoms with Crippen LogP contribution in [0.4, 0.5) is 0 Å². The quantitative estimate of drug-likeness (QED) is 0.265. The second-order valence-electron chi connectivity index (χ2n) is 8.86. The fraction of sp³-hybridized carbons (Fsp3) is 0.200. The topological polar surface area (TPSA) is 68.3 Å². The van der Waals surface area contributed by atoms with Crippen molar-refractivity contribution in [1.82, 2.24) is 9.55 Å². The third kappa shape index (κ3) is 4.90. The highest BCUT2D eigenvalue weighted by atomic mass is 16.4. The van der Waals surface area contributed by atoms with Crippen LogP contribution in [-0.4, -0.2) is 20.6 Å². The lowest BCUT2D eigenvalue weighted by Crippen LogP contribution is -2.20. The number of hydrogen-bond acceptors (Lipinski definition) is 3. The number of nitrogens with zero attached hydrogens (tertiary/aromatic N) is 2. The first-order chi connectivity index (χ1) is 17.1. The molecule has 2 heterocycles. The molecule has 35 heavy (non-hydrogen) atoms. The number of carbonyl (C=O) groups is 1. The van der Waals surface area contributed by atoms with Crippen LogP contribution in [0.2, 0.25) is 0 Å². The van der Waals surface area contributed by atoms with Gasteiger partial charge in [-0.05, 0) is 72.4 Å². The van der Waals surface area contributed by atoms with Crippen molar-refractivity contribution in [3.63, 3.8) is 0 Å². The molecule has 5 rings (SSSR count). The molecule has 0 fully saturated rings. The Kier molecular flexibility index (Phi) is 6.49. The number of carboxylic acids is 1. The molecule has 0 saturated heterocycles. The predicted octanol–water partition coefficient (Wildman–Crippen LogP) is 6.65. The van der Waals surface area contributed by atoms with Crippen molar-refractivity contribution >= 4 is 16.7 Å². The number of aryl methyl sites for hydroxylation is 3. The summed E-state index contributed by atoms with van der Waals surface area (Å²) >= 11 is 0. The number of benzene rings is 3. The molecule has 3 aromatic carbocycles. The van der Waals surface area contributed by atoms with E-state index in [2.05, 4.69) is 24.3 Å². The maximum Gasteiger partial charge on any atom is 0.327 e. The Morgan fingerprint density at radius 2 is 1.57 bits per heavy atom. The van der Waals surface area contributed by atoms with E-state index in [1.807, 2.05) is 73.9 Å². The Morgan fingerprint density at radius 1 is 0.886 bits per heavy atom. The highest BCUT2D eigenvalue weighted by Gasteiger charge is 2.20. The van der Waals surface area contributed by atoms with Gasteiger partial charge in [-0.1, -0.05) is 54.6 Å². The molecule has 0 aliphatic heterocycles. The van der Waals surface area contributed by atoms with Crippen molar-refractivity contribution in [3.8, 4) is 11.5 Å². The number of fused-ring (bicyclic) bond motifs is 1. The van der Waals surface area contributed by atoms with Crippen LogP contribution in [0.3, 0.4) is 0 Å². The Morgan fingerprint density at radius 3 is 2.29 bits per heavy atom. The van der Waals surface area contributed by atoms with E-state index in [-0.39, 0.29) is 0 Å². The second kappa shape index (κ2) is 10.0. The maximum absolute atomic E-state index is 12.0. The third-order valence-corrected chi connectivity index (χ3v) is 6.56. The number of hydrogen-bond donors (Lipinski definition) is 1. The molecule has 0 bridgehead atoms. The minimum Gasteiger partial charge on any atom is -0.480 e. The first-order valence-corrected chi connectivity index (χ1v) is 12.0. The van der Waals surface area contributed by atoms with Crippen molar-refractivity contribution in [2.75, 3.05) is 0 Å². The van der Waals surface area contributed by atoms with Crippen LogP contribution in [0.1, 0.15) is 35.0 Å². The molecule has 0 amide bonds. The summed E-state index contributed by atoms with van der Waals surface area (Å²) in [6.45, 7) is 1.97. The summed E-state index contributed by atoms with van der Waals surface area (Å²) in [7, 11) is 0. The summed E-state index contributed by atoms with van der Waals surface area (Å²) in [5, 5.41) is 12.1. The van der Waals surface area contributed by atoms with Crippen LogP contribution in [0.25, 0.3) is 22.2 Å². The first kappa shape index (κ1) is 22.7. The van der Waals surface area contributed by atoms with Gasteiger partial charge in [-0.25, -0.2) is 9.78 Å². The largest absolute Gasteiger partial charge is 0.480 e. The Bertz CT molecular complexity index is 1440. The van der Waals surface area contributed by atoms with Crippen LogP contribution >= 0.6 is 0 Å². The van der Waals surface area contributed by atoms with E-state index in [1.54, 1.807) is 4.57 Å². The molecule has 1 N–H and O–H groups in total. The van der Waals surface area contributed by atoms with Gasteiger partial charge in [0.2, 0.25) is 5.89 Å². The summed E-state index contributed by atoms with van der Waals surface area (Å²) in [4.78, 5) is 16.7. The molecule has 0 aliphatic rings. The van der Waals surface area contributed by atoms with E-state index >= 15 is 0 Å². The number of aliphatic carboxylic acids is 1. The van der Waals surface area contributed by atoms with Crippen LogP contribution < -0.4 is 0 Å². The molecule has 0 aliphatic carbocycles. The van der Waals surface area contributed by atoms with E-state index in [1.165, 1.54) is 10.9 Å². The van der Waals surface area contributed by atoms with E-state index in [4.69, 9.17) is 9.40 Å². The summed E-state index contributed by atoms with van der Waals surface area (Å²) < 4.78 is 7.67. The Balaban J connectivity index is 1.33. The summed E-state index contributed by atoms with van der Waals surface area (Å²) in [5.41, 5.74) is 4.30. The highest BCUT2D eigenvalue weighted by Crippen LogP contribution is 2.28. The lowest BCUT2D eigenvalue weighted by molar-refractivity contribution is -0.140. The summed E-state index contributed by atoms with van der Waals surface area (Å²) in [6, 6.07) is 25.6. The molecule has 5 aromatic rings. The van der Waals surface area contributed by atoms with Gasteiger partial charge in [0.25, 0.3) is 0 Å². The van der Waals surface area contributed by atoms with Gasteiger partial charge >= 0.3 is 5.97 Å². The van der Waals surface area contributed by atoms with Crippen LogP contribution in [0, 0.1) is 6.92 Å². The van der Waals surface area contributed by atoms with Gasteiger partial charge in [-0.2, -0.15) is 0 Å². The van der Waals surface area contributed by atoms with Crippen molar-refractivity contribution in [3.05, 3.63) is 114 Å². The first-order valence-electron chi connectivity index (χ1n) is 12.0. The van der Waals surface area contributed by atoms with E-state index in [0.717, 1.165) is 47.2 Å². The van der Waals surface area contributed by atoms with Crippen LogP contribution in [0.5, 0.6) is 0 Å². The van der Waals surface area contributed by atoms with Gasteiger partial charge in [-0.3, -0.25) is 0 Å². The summed E-state index contributed by atoms with van der Waals surface area (Å²) in [5.74, 6) is 0.713. The van der Waals surface area contributed by atoms with Gasteiger partial charge in [0.15, 0.2) is 0 Å². The van der Waals surface area contributed by atoms with Crippen LogP contribution in [-0.2, 0) is 24.1 Å². The molecular formula is C30H28N2O3. The summed E-state index contributed by atoms with van der Waals surface area (Å²) in [6.07, 6.45) is 6.76. The lowest BCUT2D eigenvalue weighted by Gasteiger charge is -2.17. The van der Waals surface area contributed by atoms with Gasteiger partial charge in [0, 0.05) is 24.4 Å².